The van der Waals surface area contributed by atoms with E-state index in [0.29, 0.717) is 13.2 Å². The van der Waals surface area contributed by atoms with E-state index in [1.54, 1.807) is 11.3 Å². The molecule has 0 aliphatic rings. The minimum Gasteiger partial charge on any atom is -0.491 e. The van der Waals surface area contributed by atoms with Crippen LogP contribution >= 0.6 is 11.3 Å². The van der Waals surface area contributed by atoms with Crippen molar-refractivity contribution in [3.63, 3.8) is 0 Å². The van der Waals surface area contributed by atoms with Crippen LogP contribution in [-0.4, -0.2) is 18.1 Å². The van der Waals surface area contributed by atoms with Gasteiger partial charge in [-0.15, -0.1) is 11.3 Å². The van der Waals surface area contributed by atoms with Crippen LogP contribution in [0.1, 0.15) is 5.01 Å². The summed E-state index contributed by atoms with van der Waals surface area (Å²) in [6.45, 7) is 3.08. The van der Waals surface area contributed by atoms with Gasteiger partial charge in [0.2, 0.25) is 0 Å². The highest BCUT2D eigenvalue weighted by molar-refractivity contribution is 7.18. The quantitative estimate of drug-likeness (QED) is 0.838. The molecule has 3 nitrogen and oxygen atoms in total. The Labute approximate surface area is 86.5 Å². The highest BCUT2D eigenvalue weighted by Gasteiger charge is 2.05. The molecule has 2 N–H and O–H groups in total. The van der Waals surface area contributed by atoms with Crippen molar-refractivity contribution in [2.45, 2.75) is 6.92 Å². The van der Waals surface area contributed by atoms with Gasteiger partial charge in [-0.3, -0.25) is 0 Å². The van der Waals surface area contributed by atoms with Crippen molar-refractivity contribution in [2.24, 2.45) is 5.73 Å². The average molecular weight is 208 g/mol. The molecule has 0 saturated heterocycles. The van der Waals surface area contributed by atoms with E-state index < -0.39 is 0 Å². The van der Waals surface area contributed by atoms with E-state index in [1.165, 1.54) is 0 Å². The first-order valence-corrected chi connectivity index (χ1v) is 5.32. The molecule has 0 atom stereocenters. The first-order valence-electron chi connectivity index (χ1n) is 4.50. The van der Waals surface area contributed by atoms with Gasteiger partial charge in [-0.2, -0.15) is 0 Å². The summed E-state index contributed by atoms with van der Waals surface area (Å²) in [5.41, 5.74) is 6.39. The van der Waals surface area contributed by atoms with Crippen LogP contribution in [0.3, 0.4) is 0 Å². The monoisotopic (exact) mass is 208 g/mol. The molecule has 0 amide bonds. The van der Waals surface area contributed by atoms with Crippen molar-refractivity contribution in [2.75, 3.05) is 13.2 Å². The van der Waals surface area contributed by atoms with Crippen LogP contribution in [-0.2, 0) is 0 Å². The molecule has 2 rings (SSSR count). The lowest BCUT2D eigenvalue weighted by Gasteiger charge is -2.03. The topological polar surface area (TPSA) is 48.1 Å². The van der Waals surface area contributed by atoms with Gasteiger partial charge in [-0.25, -0.2) is 4.98 Å². The number of hydrogen-bond acceptors (Lipinski definition) is 4. The van der Waals surface area contributed by atoms with Gasteiger partial charge in [0.05, 0.1) is 15.2 Å². The highest BCUT2D eigenvalue weighted by Crippen LogP contribution is 2.30. The summed E-state index contributed by atoms with van der Waals surface area (Å²) in [6.07, 6.45) is 0. The Morgan fingerprint density at radius 1 is 1.50 bits per heavy atom. The average Bonchev–Trinajstić information content (AvgIpc) is 2.55. The Morgan fingerprint density at radius 3 is 3.14 bits per heavy atom. The molecule has 0 aliphatic carbocycles. The van der Waals surface area contributed by atoms with Gasteiger partial charge in [0, 0.05) is 6.54 Å². The van der Waals surface area contributed by atoms with Crippen molar-refractivity contribution >= 4 is 21.6 Å². The number of thiazole rings is 1. The van der Waals surface area contributed by atoms with Crippen molar-refractivity contribution < 1.29 is 4.74 Å². The fourth-order valence-corrected chi connectivity index (χ4v) is 2.20. The summed E-state index contributed by atoms with van der Waals surface area (Å²) in [6, 6.07) is 5.90. The van der Waals surface area contributed by atoms with E-state index >= 15 is 0 Å². The maximum absolute atomic E-state index is 5.53. The molecule has 14 heavy (non-hydrogen) atoms. The molecule has 0 bridgehead atoms. The largest absolute Gasteiger partial charge is 0.491 e. The summed E-state index contributed by atoms with van der Waals surface area (Å²) in [5.74, 6) is 0.888. The van der Waals surface area contributed by atoms with Gasteiger partial charge in [0.15, 0.2) is 0 Å². The van der Waals surface area contributed by atoms with E-state index in [1.807, 2.05) is 25.1 Å². The molecule has 1 heterocycles. The van der Waals surface area contributed by atoms with Crippen LogP contribution in [0.5, 0.6) is 5.75 Å². The number of hydrogen-bond donors (Lipinski definition) is 1. The predicted octanol–water partition coefficient (Wildman–Crippen LogP) is 1.94. The maximum atomic E-state index is 5.53. The molecule has 1 aromatic heterocycles. The standard InChI is InChI=1S/C10H12N2OS/c1-7-12-8-3-2-4-9(10(8)14-7)13-6-5-11/h2-4H,5-6,11H2,1H3. The lowest BCUT2D eigenvalue weighted by Crippen LogP contribution is -2.10. The van der Waals surface area contributed by atoms with Gasteiger partial charge in [-0.05, 0) is 19.1 Å². The van der Waals surface area contributed by atoms with Crippen LogP contribution in [0.15, 0.2) is 18.2 Å². The molecular formula is C10H12N2OS. The van der Waals surface area contributed by atoms with Crippen LogP contribution in [0.2, 0.25) is 0 Å². The predicted molar refractivity (Wildman–Crippen MR) is 58.9 cm³/mol. The Hall–Kier alpha value is -1.13. The highest BCUT2D eigenvalue weighted by atomic mass is 32.1. The fourth-order valence-electron chi connectivity index (χ4n) is 1.32. The first kappa shape index (κ1) is 9.43. The van der Waals surface area contributed by atoms with E-state index in [0.717, 1.165) is 21.0 Å². The molecule has 0 saturated carbocycles. The molecule has 74 valence electrons. The van der Waals surface area contributed by atoms with Gasteiger partial charge in [-0.1, -0.05) is 6.07 Å². The second-order valence-electron chi connectivity index (χ2n) is 2.97. The number of aromatic nitrogens is 1. The van der Waals surface area contributed by atoms with Crippen LogP contribution in [0.4, 0.5) is 0 Å². The van der Waals surface area contributed by atoms with Crippen molar-refractivity contribution in [3.05, 3.63) is 23.2 Å². The Bertz CT molecular complexity index is 439. The lowest BCUT2D eigenvalue weighted by atomic mass is 10.3. The van der Waals surface area contributed by atoms with Crippen LogP contribution in [0, 0.1) is 6.92 Å². The number of ether oxygens (including phenoxy) is 1. The Morgan fingerprint density at radius 2 is 2.36 bits per heavy atom. The van der Waals surface area contributed by atoms with Gasteiger partial charge in [0.1, 0.15) is 12.4 Å². The van der Waals surface area contributed by atoms with Crippen molar-refractivity contribution in [1.82, 2.24) is 4.98 Å². The summed E-state index contributed by atoms with van der Waals surface area (Å²) >= 11 is 1.65. The molecule has 1 aromatic carbocycles. The van der Waals surface area contributed by atoms with Gasteiger partial charge in [0.25, 0.3) is 0 Å². The maximum Gasteiger partial charge on any atom is 0.138 e. The zero-order valence-corrected chi connectivity index (χ0v) is 8.80. The third kappa shape index (κ3) is 1.71. The number of aryl methyl sites for hydroxylation is 1. The molecule has 4 heteroatoms. The zero-order chi connectivity index (χ0) is 9.97. The minimum absolute atomic E-state index is 0.536. The number of rotatable bonds is 3. The van der Waals surface area contributed by atoms with Crippen molar-refractivity contribution in [1.29, 1.82) is 0 Å². The molecule has 2 aromatic rings. The summed E-state index contributed by atoms with van der Waals surface area (Å²) in [4.78, 5) is 4.39. The molecule has 0 radical (unpaired) electrons. The number of benzene rings is 1. The van der Waals surface area contributed by atoms with Crippen LogP contribution in [0.25, 0.3) is 10.2 Å². The van der Waals surface area contributed by atoms with E-state index in [2.05, 4.69) is 4.98 Å². The molecule has 0 aliphatic heterocycles. The minimum atomic E-state index is 0.536. The fraction of sp³-hybridized carbons (Fsp3) is 0.300. The van der Waals surface area contributed by atoms with Crippen molar-refractivity contribution in [3.8, 4) is 5.75 Å². The lowest BCUT2D eigenvalue weighted by molar-refractivity contribution is 0.332. The number of nitrogens with zero attached hydrogens (tertiary/aromatic N) is 1. The van der Waals surface area contributed by atoms with Crippen LogP contribution < -0.4 is 10.5 Å². The van der Waals surface area contributed by atoms with Gasteiger partial charge >= 0.3 is 0 Å². The Kier molecular flexibility index (Phi) is 2.65. The molecule has 0 unspecified atom stereocenters. The van der Waals surface area contributed by atoms with E-state index in [-0.39, 0.29) is 0 Å². The third-order valence-electron chi connectivity index (χ3n) is 1.86. The second kappa shape index (κ2) is 3.94. The third-order valence-corrected chi connectivity index (χ3v) is 2.86. The Balaban J connectivity index is 2.42. The molecular weight excluding hydrogens is 196 g/mol. The summed E-state index contributed by atoms with van der Waals surface area (Å²) in [5, 5.41) is 1.06. The van der Waals surface area contributed by atoms with E-state index in [4.69, 9.17) is 10.5 Å². The smallest absolute Gasteiger partial charge is 0.138 e. The van der Waals surface area contributed by atoms with Gasteiger partial charge < -0.3 is 10.5 Å². The summed E-state index contributed by atoms with van der Waals surface area (Å²) in [7, 11) is 0. The second-order valence-corrected chi connectivity index (χ2v) is 4.18. The SMILES string of the molecule is Cc1nc2cccc(OCCN)c2s1. The number of fused-ring (bicyclic) bond motifs is 1. The molecule has 0 spiro atoms. The van der Waals surface area contributed by atoms with E-state index in [9.17, 15) is 0 Å². The molecule has 0 fully saturated rings. The normalized spacial score (nSPS) is 10.7. The summed E-state index contributed by atoms with van der Waals surface area (Å²) < 4.78 is 6.64. The number of nitrogens with two attached hydrogens (primary N) is 1. The zero-order valence-electron chi connectivity index (χ0n) is 7.99. The first-order chi connectivity index (χ1) is 6.81.